The van der Waals surface area contributed by atoms with E-state index in [9.17, 15) is 18.5 Å². The fraction of sp³-hybridized carbons (Fsp3) is 0.0625. The molecular formula is C16H12ClN3O4S2. The molecule has 0 saturated heterocycles. The maximum atomic E-state index is 12.5. The van der Waals surface area contributed by atoms with E-state index >= 15 is 0 Å². The van der Waals surface area contributed by atoms with Gasteiger partial charge in [0, 0.05) is 22.7 Å². The fourth-order valence-corrected chi connectivity index (χ4v) is 4.11. The van der Waals surface area contributed by atoms with Crippen LogP contribution in [0.5, 0.6) is 0 Å². The van der Waals surface area contributed by atoms with E-state index in [0.717, 1.165) is 22.3 Å². The maximum absolute atomic E-state index is 12.5. The van der Waals surface area contributed by atoms with Gasteiger partial charge in [-0.2, -0.15) is 0 Å². The van der Waals surface area contributed by atoms with Gasteiger partial charge in [0.05, 0.1) is 20.5 Å². The van der Waals surface area contributed by atoms with Crippen molar-refractivity contribution in [1.29, 1.82) is 0 Å². The molecule has 0 aliphatic heterocycles. The number of nitrogens with one attached hydrogen (secondary N) is 1. The number of rotatable bonds is 5. The second-order valence-corrected chi connectivity index (χ2v) is 8.46. The van der Waals surface area contributed by atoms with E-state index in [1.54, 1.807) is 24.3 Å². The maximum Gasteiger partial charge on any atom is 0.289 e. The normalized spacial score (nSPS) is 11.3. The average Bonchev–Trinajstić information content (AvgIpc) is 3.01. The molecule has 1 aromatic heterocycles. The van der Waals surface area contributed by atoms with E-state index in [1.807, 2.05) is 12.3 Å². The van der Waals surface area contributed by atoms with Crippen LogP contribution < -0.4 is 4.72 Å². The van der Waals surface area contributed by atoms with Crippen molar-refractivity contribution in [1.82, 2.24) is 4.98 Å². The lowest BCUT2D eigenvalue weighted by Gasteiger charge is -2.09. The number of hydrogen-bond donors (Lipinski definition) is 1. The van der Waals surface area contributed by atoms with Crippen LogP contribution in [0.4, 0.5) is 11.4 Å². The molecule has 1 N–H and O–H groups in total. The number of nitro benzene ring substituents is 1. The van der Waals surface area contributed by atoms with Crippen LogP contribution >= 0.6 is 22.9 Å². The Hall–Kier alpha value is -2.49. The van der Waals surface area contributed by atoms with Gasteiger partial charge in [-0.3, -0.25) is 14.8 Å². The Bertz CT molecular complexity index is 1080. The Morgan fingerprint density at radius 1 is 1.19 bits per heavy atom. The number of aromatic nitrogens is 1. The molecule has 134 valence electrons. The number of benzene rings is 2. The molecule has 0 aliphatic rings. The Balaban J connectivity index is 1.86. The van der Waals surface area contributed by atoms with Crippen molar-refractivity contribution in [2.45, 2.75) is 11.8 Å². The molecule has 0 spiro atoms. The van der Waals surface area contributed by atoms with Crippen molar-refractivity contribution in [3.05, 3.63) is 68.0 Å². The summed E-state index contributed by atoms with van der Waals surface area (Å²) < 4.78 is 27.3. The Morgan fingerprint density at radius 3 is 2.46 bits per heavy atom. The first-order chi connectivity index (χ1) is 12.3. The number of nitro groups is 1. The van der Waals surface area contributed by atoms with Crippen molar-refractivity contribution in [2.75, 3.05) is 4.72 Å². The standard InChI is InChI=1S/C16H12ClN3O4S2/c1-10-18-15(9-25-10)11-2-4-12(5-3-11)19-26(23,24)13-6-7-14(17)16(8-13)20(21)22/h2-9,19H,1H3. The molecule has 1 heterocycles. The predicted octanol–water partition coefficient (Wildman–Crippen LogP) is 4.48. The summed E-state index contributed by atoms with van der Waals surface area (Å²) in [7, 11) is -3.99. The predicted molar refractivity (Wildman–Crippen MR) is 101 cm³/mol. The molecule has 0 amide bonds. The van der Waals surface area contributed by atoms with Crippen molar-refractivity contribution in [2.24, 2.45) is 0 Å². The Morgan fingerprint density at radius 2 is 1.88 bits per heavy atom. The van der Waals surface area contributed by atoms with E-state index in [4.69, 9.17) is 11.6 Å². The molecule has 0 bridgehead atoms. The lowest BCUT2D eigenvalue weighted by Crippen LogP contribution is -2.13. The molecular weight excluding hydrogens is 398 g/mol. The molecule has 10 heteroatoms. The molecule has 0 unspecified atom stereocenters. The van der Waals surface area contributed by atoms with Crippen molar-refractivity contribution < 1.29 is 13.3 Å². The summed E-state index contributed by atoms with van der Waals surface area (Å²) in [5.41, 5.74) is 1.54. The molecule has 3 aromatic rings. The minimum atomic E-state index is -3.99. The van der Waals surface area contributed by atoms with Gasteiger partial charge in [-0.05, 0) is 31.2 Å². The summed E-state index contributed by atoms with van der Waals surface area (Å²) in [5, 5.41) is 13.7. The number of thiazole rings is 1. The monoisotopic (exact) mass is 409 g/mol. The van der Waals surface area contributed by atoms with Gasteiger partial charge in [0.1, 0.15) is 5.02 Å². The third-order valence-corrected chi connectivity index (χ3v) is 5.95. The lowest BCUT2D eigenvalue weighted by molar-refractivity contribution is -0.384. The first-order valence-corrected chi connectivity index (χ1v) is 10.00. The summed E-state index contributed by atoms with van der Waals surface area (Å²) in [6.45, 7) is 1.90. The van der Waals surface area contributed by atoms with Crippen molar-refractivity contribution in [3.63, 3.8) is 0 Å². The minimum absolute atomic E-state index is 0.128. The largest absolute Gasteiger partial charge is 0.289 e. The van der Waals surface area contributed by atoms with Gasteiger partial charge in [0.25, 0.3) is 15.7 Å². The van der Waals surface area contributed by atoms with E-state index in [1.165, 1.54) is 23.5 Å². The molecule has 26 heavy (non-hydrogen) atoms. The molecule has 0 radical (unpaired) electrons. The highest BCUT2D eigenvalue weighted by Gasteiger charge is 2.20. The van der Waals surface area contributed by atoms with E-state index in [2.05, 4.69) is 9.71 Å². The highest BCUT2D eigenvalue weighted by atomic mass is 35.5. The van der Waals surface area contributed by atoms with Gasteiger partial charge >= 0.3 is 0 Å². The van der Waals surface area contributed by atoms with Gasteiger partial charge < -0.3 is 0 Å². The Kier molecular flexibility index (Phi) is 4.94. The van der Waals surface area contributed by atoms with Gasteiger partial charge in [-0.25, -0.2) is 13.4 Å². The third kappa shape index (κ3) is 3.85. The summed E-state index contributed by atoms with van der Waals surface area (Å²) in [5.74, 6) is 0. The third-order valence-electron chi connectivity index (χ3n) is 3.48. The molecule has 0 atom stereocenters. The highest BCUT2D eigenvalue weighted by Crippen LogP contribution is 2.28. The van der Waals surface area contributed by atoms with Crippen LogP contribution in [-0.4, -0.2) is 18.3 Å². The zero-order chi connectivity index (χ0) is 18.9. The quantitative estimate of drug-likeness (QED) is 0.494. The lowest BCUT2D eigenvalue weighted by atomic mass is 10.1. The highest BCUT2D eigenvalue weighted by molar-refractivity contribution is 7.92. The molecule has 0 saturated carbocycles. The topological polar surface area (TPSA) is 102 Å². The van der Waals surface area contributed by atoms with E-state index < -0.39 is 20.6 Å². The summed E-state index contributed by atoms with van der Waals surface area (Å²) >= 11 is 7.24. The smallest absolute Gasteiger partial charge is 0.280 e. The van der Waals surface area contributed by atoms with E-state index in [-0.39, 0.29) is 9.92 Å². The van der Waals surface area contributed by atoms with Crippen LogP contribution in [0.15, 0.2) is 52.7 Å². The first-order valence-electron chi connectivity index (χ1n) is 7.25. The van der Waals surface area contributed by atoms with Crippen molar-refractivity contribution in [3.8, 4) is 11.3 Å². The Labute approximate surface area is 158 Å². The molecule has 7 nitrogen and oxygen atoms in total. The fourth-order valence-electron chi connectivity index (χ4n) is 2.22. The van der Waals surface area contributed by atoms with Crippen LogP contribution in [0, 0.1) is 17.0 Å². The molecule has 0 aliphatic carbocycles. The van der Waals surface area contributed by atoms with Gasteiger partial charge in [0.2, 0.25) is 0 Å². The SMILES string of the molecule is Cc1nc(-c2ccc(NS(=O)(=O)c3ccc(Cl)c([N+](=O)[O-])c3)cc2)cs1. The van der Waals surface area contributed by atoms with Gasteiger partial charge in [-0.15, -0.1) is 11.3 Å². The number of aryl methyl sites for hydroxylation is 1. The minimum Gasteiger partial charge on any atom is -0.280 e. The molecule has 3 rings (SSSR count). The second-order valence-electron chi connectivity index (χ2n) is 5.30. The second kappa shape index (κ2) is 7.02. The average molecular weight is 410 g/mol. The summed E-state index contributed by atoms with van der Waals surface area (Å²) in [6, 6.07) is 10.0. The first kappa shape index (κ1) is 18.3. The van der Waals surface area contributed by atoms with Gasteiger partial charge in [-0.1, -0.05) is 23.7 Å². The van der Waals surface area contributed by atoms with Crippen LogP contribution in [0.1, 0.15) is 5.01 Å². The number of nitrogens with zero attached hydrogens (tertiary/aromatic N) is 2. The van der Waals surface area contributed by atoms with Crippen LogP contribution in [-0.2, 0) is 10.0 Å². The number of anilines is 1. The summed E-state index contributed by atoms with van der Waals surface area (Å²) in [6.07, 6.45) is 0. The van der Waals surface area contributed by atoms with Gasteiger partial charge in [0.15, 0.2) is 0 Å². The molecule has 2 aromatic carbocycles. The van der Waals surface area contributed by atoms with Crippen LogP contribution in [0.3, 0.4) is 0 Å². The summed E-state index contributed by atoms with van der Waals surface area (Å²) in [4.78, 5) is 14.3. The van der Waals surface area contributed by atoms with Crippen LogP contribution in [0.2, 0.25) is 5.02 Å². The number of halogens is 1. The van der Waals surface area contributed by atoms with Crippen molar-refractivity contribution >= 4 is 44.3 Å². The number of sulfonamides is 1. The zero-order valence-corrected chi connectivity index (χ0v) is 15.7. The molecule has 0 fully saturated rings. The zero-order valence-electron chi connectivity index (χ0n) is 13.3. The van der Waals surface area contributed by atoms with E-state index in [0.29, 0.717) is 5.69 Å². The van der Waals surface area contributed by atoms with Crippen LogP contribution in [0.25, 0.3) is 11.3 Å². The number of hydrogen-bond acceptors (Lipinski definition) is 6.